The van der Waals surface area contributed by atoms with Crippen LogP contribution in [0.2, 0.25) is 0 Å². The molecule has 1 aliphatic rings. The van der Waals surface area contributed by atoms with E-state index >= 15 is 0 Å². The number of hydrogen-bond acceptors (Lipinski definition) is 3. The van der Waals surface area contributed by atoms with Crippen LogP contribution in [0.3, 0.4) is 0 Å². The molecule has 6 heteroatoms. The lowest BCUT2D eigenvalue weighted by molar-refractivity contribution is 0.0773. The van der Waals surface area contributed by atoms with Crippen molar-refractivity contribution in [2.24, 2.45) is 5.92 Å². The minimum Gasteiger partial charge on any atom is -0.399 e. The Morgan fingerprint density at radius 3 is 2.58 bits per heavy atom. The van der Waals surface area contributed by atoms with E-state index in [-0.39, 0.29) is 30.7 Å². The van der Waals surface area contributed by atoms with Gasteiger partial charge in [-0.15, -0.1) is 24.8 Å². The number of rotatable bonds is 5. The van der Waals surface area contributed by atoms with Crippen molar-refractivity contribution in [2.45, 2.75) is 13.0 Å². The van der Waals surface area contributed by atoms with Crippen molar-refractivity contribution >= 4 is 36.4 Å². The van der Waals surface area contributed by atoms with Crippen molar-refractivity contribution in [2.75, 3.05) is 32.4 Å². The Kier molecular flexibility index (Phi) is 8.93. The number of anilines is 1. The number of amides is 1. The van der Waals surface area contributed by atoms with Crippen molar-refractivity contribution < 1.29 is 4.79 Å². The molecule has 2 aromatic carbocycles. The van der Waals surface area contributed by atoms with Crippen LogP contribution < -0.4 is 5.73 Å². The largest absolute Gasteiger partial charge is 0.399 e. The first kappa shape index (κ1) is 22.3. The minimum atomic E-state index is 0. The molecule has 0 saturated carbocycles. The zero-order valence-corrected chi connectivity index (χ0v) is 16.6. The number of hydrogen-bond donors (Lipinski definition) is 1. The van der Waals surface area contributed by atoms with Gasteiger partial charge < -0.3 is 10.6 Å². The van der Waals surface area contributed by atoms with Crippen LogP contribution in [0.1, 0.15) is 22.3 Å². The molecule has 2 aromatic rings. The number of likely N-dealkylation sites (tertiary alicyclic amines) is 1. The normalized spacial score (nSPS) is 16.4. The van der Waals surface area contributed by atoms with Gasteiger partial charge in [0.2, 0.25) is 0 Å². The SMILES string of the molecule is CN(CC1CCN(Cc2ccccc2)C1)C(=O)c1cccc(N)c1.Cl.Cl. The molecule has 0 aromatic heterocycles. The highest BCUT2D eigenvalue weighted by Crippen LogP contribution is 2.20. The summed E-state index contributed by atoms with van der Waals surface area (Å²) in [5.41, 5.74) is 8.42. The van der Waals surface area contributed by atoms with Crippen LogP contribution in [0.25, 0.3) is 0 Å². The Balaban J connectivity index is 0.00000169. The molecule has 0 aliphatic carbocycles. The van der Waals surface area contributed by atoms with Crippen LogP contribution in [0.15, 0.2) is 54.6 Å². The van der Waals surface area contributed by atoms with Gasteiger partial charge in [-0.05, 0) is 42.6 Å². The molecule has 3 rings (SSSR count). The fourth-order valence-electron chi connectivity index (χ4n) is 3.41. The highest BCUT2D eigenvalue weighted by molar-refractivity contribution is 5.94. The second-order valence-corrected chi connectivity index (χ2v) is 6.69. The molecule has 1 aliphatic heterocycles. The van der Waals surface area contributed by atoms with Gasteiger partial charge in [0, 0.05) is 37.9 Å². The van der Waals surface area contributed by atoms with Crippen LogP contribution in [0.4, 0.5) is 5.69 Å². The number of carbonyl (C=O) groups is 1. The summed E-state index contributed by atoms with van der Waals surface area (Å²) in [5.74, 6) is 0.576. The molecule has 1 unspecified atom stereocenters. The highest BCUT2D eigenvalue weighted by Gasteiger charge is 2.25. The molecule has 0 spiro atoms. The van der Waals surface area contributed by atoms with Gasteiger partial charge in [-0.2, -0.15) is 0 Å². The monoisotopic (exact) mass is 395 g/mol. The Hall–Kier alpha value is -1.75. The van der Waals surface area contributed by atoms with Crippen molar-refractivity contribution in [1.82, 2.24) is 9.80 Å². The number of carbonyl (C=O) groups excluding carboxylic acids is 1. The standard InChI is InChI=1S/C20H25N3O.2ClH/c1-22(20(24)18-8-5-9-19(21)12-18)13-17-10-11-23(15-17)14-16-6-3-2-4-7-16;;/h2-9,12,17H,10-11,13-15,21H2,1H3;2*1H. The first-order valence-electron chi connectivity index (χ1n) is 8.49. The molecule has 1 heterocycles. The third-order valence-corrected chi connectivity index (χ3v) is 4.63. The van der Waals surface area contributed by atoms with Crippen molar-refractivity contribution in [1.29, 1.82) is 0 Å². The Morgan fingerprint density at radius 1 is 1.15 bits per heavy atom. The van der Waals surface area contributed by atoms with Crippen molar-refractivity contribution in [3.8, 4) is 0 Å². The van der Waals surface area contributed by atoms with Crippen molar-refractivity contribution in [3.05, 3.63) is 65.7 Å². The van der Waals surface area contributed by atoms with Crippen LogP contribution in [-0.2, 0) is 6.54 Å². The zero-order chi connectivity index (χ0) is 16.9. The predicted molar refractivity (Wildman–Crippen MR) is 112 cm³/mol. The smallest absolute Gasteiger partial charge is 0.253 e. The highest BCUT2D eigenvalue weighted by atomic mass is 35.5. The number of nitrogens with zero attached hydrogens (tertiary/aromatic N) is 2. The third kappa shape index (κ3) is 5.90. The maximum atomic E-state index is 12.5. The molecule has 26 heavy (non-hydrogen) atoms. The summed E-state index contributed by atoms with van der Waals surface area (Å²) in [7, 11) is 1.88. The summed E-state index contributed by atoms with van der Waals surface area (Å²) in [6.07, 6.45) is 1.14. The van der Waals surface area contributed by atoms with Crippen LogP contribution >= 0.6 is 24.8 Å². The lowest BCUT2D eigenvalue weighted by Gasteiger charge is -2.22. The summed E-state index contributed by atoms with van der Waals surface area (Å²) in [5, 5.41) is 0. The maximum Gasteiger partial charge on any atom is 0.253 e. The maximum absolute atomic E-state index is 12.5. The molecule has 1 atom stereocenters. The Morgan fingerprint density at radius 2 is 1.88 bits per heavy atom. The summed E-state index contributed by atoms with van der Waals surface area (Å²) >= 11 is 0. The van der Waals surface area contributed by atoms with Gasteiger partial charge in [-0.1, -0.05) is 36.4 Å². The lowest BCUT2D eigenvalue weighted by Crippen LogP contribution is -2.33. The number of nitrogens with two attached hydrogens (primary N) is 1. The number of nitrogen functional groups attached to an aromatic ring is 1. The van der Waals surface area contributed by atoms with E-state index in [1.165, 1.54) is 5.56 Å². The van der Waals surface area contributed by atoms with E-state index in [4.69, 9.17) is 5.73 Å². The van der Waals surface area contributed by atoms with Gasteiger partial charge in [0.25, 0.3) is 5.91 Å². The topological polar surface area (TPSA) is 49.6 Å². The summed E-state index contributed by atoms with van der Waals surface area (Å²) < 4.78 is 0. The van der Waals surface area contributed by atoms with Crippen LogP contribution in [0.5, 0.6) is 0 Å². The average molecular weight is 396 g/mol. The van der Waals surface area contributed by atoms with Gasteiger partial charge in [0.05, 0.1) is 0 Å². The fraction of sp³-hybridized carbons (Fsp3) is 0.350. The van der Waals surface area contributed by atoms with Crippen LogP contribution in [0, 0.1) is 5.92 Å². The summed E-state index contributed by atoms with van der Waals surface area (Å²) in [6.45, 7) is 3.92. The van der Waals surface area contributed by atoms with E-state index in [1.54, 1.807) is 12.1 Å². The Labute approximate surface area is 168 Å². The van der Waals surface area contributed by atoms with E-state index in [9.17, 15) is 4.79 Å². The van der Waals surface area contributed by atoms with E-state index in [2.05, 4.69) is 29.2 Å². The minimum absolute atomic E-state index is 0. The molecule has 1 saturated heterocycles. The van der Waals surface area contributed by atoms with Crippen LogP contribution in [-0.4, -0.2) is 42.4 Å². The van der Waals surface area contributed by atoms with E-state index in [1.807, 2.05) is 30.1 Å². The second-order valence-electron chi connectivity index (χ2n) is 6.69. The zero-order valence-electron chi connectivity index (χ0n) is 15.0. The Bertz CT molecular complexity index is 696. The van der Waals surface area contributed by atoms with E-state index < -0.39 is 0 Å². The molecular formula is C20H27Cl2N3O. The van der Waals surface area contributed by atoms with Gasteiger partial charge >= 0.3 is 0 Å². The molecule has 1 fully saturated rings. The first-order valence-corrected chi connectivity index (χ1v) is 8.49. The van der Waals surface area contributed by atoms with Crippen molar-refractivity contribution in [3.63, 3.8) is 0 Å². The first-order chi connectivity index (χ1) is 11.6. The number of benzene rings is 2. The molecule has 142 valence electrons. The van der Waals surface area contributed by atoms with Gasteiger partial charge in [-0.3, -0.25) is 9.69 Å². The molecule has 4 nitrogen and oxygen atoms in total. The predicted octanol–water partition coefficient (Wildman–Crippen LogP) is 3.71. The average Bonchev–Trinajstić information content (AvgIpc) is 3.02. The van der Waals surface area contributed by atoms with E-state index in [0.29, 0.717) is 17.2 Å². The quantitative estimate of drug-likeness (QED) is 0.784. The van der Waals surface area contributed by atoms with Gasteiger partial charge in [0.1, 0.15) is 0 Å². The summed E-state index contributed by atoms with van der Waals surface area (Å²) in [6, 6.07) is 17.8. The molecule has 2 N–H and O–H groups in total. The number of halogens is 2. The lowest BCUT2D eigenvalue weighted by atomic mass is 10.1. The third-order valence-electron chi connectivity index (χ3n) is 4.63. The van der Waals surface area contributed by atoms with Gasteiger partial charge in [-0.25, -0.2) is 0 Å². The molecule has 1 amide bonds. The van der Waals surface area contributed by atoms with Gasteiger partial charge in [0.15, 0.2) is 0 Å². The second kappa shape index (κ2) is 10.4. The molecule has 0 bridgehead atoms. The summed E-state index contributed by atoms with van der Waals surface area (Å²) in [4.78, 5) is 16.8. The van der Waals surface area contributed by atoms with E-state index in [0.717, 1.165) is 32.6 Å². The molecule has 0 radical (unpaired) electrons. The fourth-order valence-corrected chi connectivity index (χ4v) is 3.41. The molecular weight excluding hydrogens is 369 g/mol.